The van der Waals surface area contributed by atoms with E-state index in [1.165, 1.54) is 5.56 Å². The molecule has 0 unspecified atom stereocenters. The van der Waals surface area contributed by atoms with E-state index in [1.807, 2.05) is 31.4 Å². The van der Waals surface area contributed by atoms with Crippen LogP contribution in [0.3, 0.4) is 0 Å². The van der Waals surface area contributed by atoms with Crippen molar-refractivity contribution in [2.45, 2.75) is 31.3 Å². The Morgan fingerprint density at radius 1 is 1.45 bits per heavy atom. The van der Waals surface area contributed by atoms with Gasteiger partial charge in [-0.2, -0.15) is 5.10 Å². The summed E-state index contributed by atoms with van der Waals surface area (Å²) in [7, 11) is 1.87. The van der Waals surface area contributed by atoms with Gasteiger partial charge in [-0.05, 0) is 29.5 Å². The van der Waals surface area contributed by atoms with Crippen molar-refractivity contribution in [3.8, 4) is 0 Å². The van der Waals surface area contributed by atoms with Gasteiger partial charge in [-0.15, -0.1) is 12.4 Å². The molecule has 3 N–H and O–H groups in total. The molecule has 5 nitrogen and oxygen atoms in total. The zero-order chi connectivity index (χ0) is 14.8. The van der Waals surface area contributed by atoms with Crippen LogP contribution in [0.15, 0.2) is 36.7 Å². The molecule has 22 heavy (non-hydrogen) atoms. The predicted molar refractivity (Wildman–Crippen MR) is 87.8 cm³/mol. The Labute approximate surface area is 136 Å². The summed E-state index contributed by atoms with van der Waals surface area (Å²) >= 11 is 0. The van der Waals surface area contributed by atoms with Crippen molar-refractivity contribution in [3.05, 3.63) is 53.3 Å². The summed E-state index contributed by atoms with van der Waals surface area (Å²) in [4.78, 5) is 12.1. The summed E-state index contributed by atoms with van der Waals surface area (Å²) in [6.45, 7) is 0. The lowest BCUT2D eigenvalue weighted by molar-refractivity contribution is -0.121. The third-order valence-corrected chi connectivity index (χ3v) is 4.03. The molecule has 1 aromatic carbocycles. The number of hydrogen-bond donors (Lipinski definition) is 2. The van der Waals surface area contributed by atoms with E-state index >= 15 is 0 Å². The SMILES string of the molecule is Cl.Cn1cc(CCC(=O)N[C@H]2Cc3ccccc3[C@@H]2N)cn1. The lowest BCUT2D eigenvalue weighted by Gasteiger charge is -2.17. The van der Waals surface area contributed by atoms with E-state index in [-0.39, 0.29) is 30.4 Å². The van der Waals surface area contributed by atoms with Crippen molar-refractivity contribution in [1.29, 1.82) is 0 Å². The molecule has 1 aliphatic rings. The highest BCUT2D eigenvalue weighted by Gasteiger charge is 2.30. The summed E-state index contributed by atoms with van der Waals surface area (Å²) in [5.74, 6) is 0.0482. The highest BCUT2D eigenvalue weighted by molar-refractivity contribution is 5.85. The fourth-order valence-electron chi connectivity index (χ4n) is 2.90. The van der Waals surface area contributed by atoms with Crippen LogP contribution in [0, 0.1) is 0 Å². The third kappa shape index (κ3) is 3.48. The first kappa shape index (κ1) is 16.5. The van der Waals surface area contributed by atoms with E-state index in [2.05, 4.69) is 16.5 Å². The number of nitrogens with two attached hydrogens (primary N) is 1. The summed E-state index contributed by atoms with van der Waals surface area (Å²) in [5.41, 5.74) is 9.68. The zero-order valence-electron chi connectivity index (χ0n) is 12.5. The van der Waals surface area contributed by atoms with Crippen LogP contribution in [-0.4, -0.2) is 21.7 Å². The van der Waals surface area contributed by atoms with Crippen molar-refractivity contribution >= 4 is 18.3 Å². The Balaban J connectivity index is 0.00000176. The van der Waals surface area contributed by atoms with E-state index in [9.17, 15) is 4.79 Å². The first-order valence-corrected chi connectivity index (χ1v) is 7.24. The second kappa shape index (κ2) is 6.94. The monoisotopic (exact) mass is 320 g/mol. The molecular weight excluding hydrogens is 300 g/mol. The molecule has 6 heteroatoms. The summed E-state index contributed by atoms with van der Waals surface area (Å²) < 4.78 is 1.75. The van der Waals surface area contributed by atoms with Crippen molar-refractivity contribution in [2.24, 2.45) is 12.8 Å². The first-order valence-electron chi connectivity index (χ1n) is 7.24. The van der Waals surface area contributed by atoms with Gasteiger partial charge in [0.05, 0.1) is 18.3 Å². The largest absolute Gasteiger partial charge is 0.351 e. The first-order chi connectivity index (χ1) is 10.1. The van der Waals surface area contributed by atoms with Gasteiger partial charge in [-0.1, -0.05) is 24.3 Å². The second-order valence-corrected chi connectivity index (χ2v) is 5.62. The molecule has 0 aliphatic heterocycles. The zero-order valence-corrected chi connectivity index (χ0v) is 13.3. The Morgan fingerprint density at radius 2 is 2.23 bits per heavy atom. The van der Waals surface area contributed by atoms with Gasteiger partial charge in [0.25, 0.3) is 0 Å². The molecule has 1 amide bonds. The van der Waals surface area contributed by atoms with Crippen molar-refractivity contribution < 1.29 is 4.79 Å². The standard InChI is InChI=1S/C16H20N4O.ClH/c1-20-10-11(9-18-20)6-7-15(21)19-14-8-12-4-2-3-5-13(12)16(14)17;/h2-5,9-10,14,16H,6-8,17H2,1H3,(H,19,21);1H/t14-,16-;/m0./s1. The Hall–Kier alpha value is -1.85. The minimum absolute atomic E-state index is 0. The predicted octanol–water partition coefficient (Wildman–Crippen LogP) is 1.52. The molecule has 0 spiro atoms. The van der Waals surface area contributed by atoms with Crippen LogP contribution >= 0.6 is 12.4 Å². The number of carbonyl (C=O) groups is 1. The van der Waals surface area contributed by atoms with Crippen molar-refractivity contribution in [1.82, 2.24) is 15.1 Å². The van der Waals surface area contributed by atoms with Crippen LogP contribution in [0.5, 0.6) is 0 Å². The van der Waals surface area contributed by atoms with Gasteiger partial charge in [-0.25, -0.2) is 0 Å². The van der Waals surface area contributed by atoms with Crippen molar-refractivity contribution in [2.75, 3.05) is 0 Å². The summed E-state index contributed by atoms with van der Waals surface area (Å²) in [6, 6.07) is 8.02. The van der Waals surface area contributed by atoms with Gasteiger partial charge < -0.3 is 11.1 Å². The Morgan fingerprint density at radius 3 is 2.91 bits per heavy atom. The number of benzene rings is 1. The number of aryl methyl sites for hydroxylation is 2. The molecule has 2 atom stereocenters. The lowest BCUT2D eigenvalue weighted by Crippen LogP contribution is -2.40. The van der Waals surface area contributed by atoms with Gasteiger partial charge >= 0.3 is 0 Å². The number of nitrogens with one attached hydrogen (secondary N) is 1. The quantitative estimate of drug-likeness (QED) is 0.897. The highest BCUT2D eigenvalue weighted by atomic mass is 35.5. The Kier molecular flexibility index (Phi) is 5.21. The number of rotatable bonds is 4. The van der Waals surface area contributed by atoms with Gasteiger partial charge in [0.15, 0.2) is 0 Å². The molecule has 0 radical (unpaired) electrons. The number of halogens is 1. The molecule has 2 aromatic rings. The van der Waals surface area contributed by atoms with E-state index < -0.39 is 0 Å². The van der Waals surface area contributed by atoms with E-state index in [0.717, 1.165) is 17.5 Å². The van der Waals surface area contributed by atoms with Gasteiger partial charge in [0, 0.05) is 19.7 Å². The minimum atomic E-state index is -0.108. The molecule has 1 aliphatic carbocycles. The van der Waals surface area contributed by atoms with Crippen LogP contribution in [0.25, 0.3) is 0 Å². The molecule has 3 rings (SSSR count). The number of hydrogen-bond acceptors (Lipinski definition) is 3. The third-order valence-electron chi connectivity index (χ3n) is 4.03. The van der Waals surface area contributed by atoms with E-state index in [4.69, 9.17) is 5.73 Å². The maximum atomic E-state index is 12.1. The topological polar surface area (TPSA) is 72.9 Å². The van der Waals surface area contributed by atoms with Crippen LogP contribution in [0.4, 0.5) is 0 Å². The molecule has 118 valence electrons. The number of fused-ring (bicyclic) bond motifs is 1. The normalized spacial score (nSPS) is 19.4. The number of aromatic nitrogens is 2. The Bertz CT molecular complexity index is 655. The lowest BCUT2D eigenvalue weighted by atomic mass is 10.1. The van der Waals surface area contributed by atoms with Crippen LogP contribution in [-0.2, 0) is 24.7 Å². The van der Waals surface area contributed by atoms with Crippen molar-refractivity contribution in [3.63, 3.8) is 0 Å². The number of carbonyl (C=O) groups excluding carboxylic acids is 1. The average molecular weight is 321 g/mol. The molecule has 0 saturated heterocycles. The van der Waals surface area contributed by atoms with Gasteiger partial charge in [-0.3, -0.25) is 9.48 Å². The van der Waals surface area contributed by atoms with Gasteiger partial charge in [0.2, 0.25) is 5.91 Å². The van der Waals surface area contributed by atoms with Crippen LogP contribution in [0.1, 0.15) is 29.2 Å². The van der Waals surface area contributed by atoms with E-state index in [0.29, 0.717) is 12.8 Å². The molecular formula is C16H21ClN4O. The average Bonchev–Trinajstić information content (AvgIpc) is 3.02. The molecule has 0 fully saturated rings. The van der Waals surface area contributed by atoms with Gasteiger partial charge in [0.1, 0.15) is 0 Å². The summed E-state index contributed by atoms with van der Waals surface area (Å²) in [5, 5.41) is 7.16. The van der Waals surface area contributed by atoms with Crippen LogP contribution in [0.2, 0.25) is 0 Å². The smallest absolute Gasteiger partial charge is 0.220 e. The maximum absolute atomic E-state index is 12.1. The fraction of sp³-hybridized carbons (Fsp3) is 0.375. The van der Waals surface area contributed by atoms with E-state index in [1.54, 1.807) is 10.9 Å². The fourth-order valence-corrected chi connectivity index (χ4v) is 2.90. The maximum Gasteiger partial charge on any atom is 0.220 e. The summed E-state index contributed by atoms with van der Waals surface area (Å²) in [6.07, 6.45) is 5.71. The number of nitrogens with zero attached hydrogens (tertiary/aromatic N) is 2. The molecule has 0 saturated carbocycles. The minimum Gasteiger partial charge on any atom is -0.351 e. The molecule has 0 bridgehead atoms. The second-order valence-electron chi connectivity index (χ2n) is 5.62. The number of amides is 1. The van der Waals surface area contributed by atoms with Crippen LogP contribution < -0.4 is 11.1 Å². The molecule has 1 aromatic heterocycles. The molecule has 1 heterocycles. The highest BCUT2D eigenvalue weighted by Crippen LogP contribution is 2.29.